The maximum atomic E-state index is 13.2. The summed E-state index contributed by atoms with van der Waals surface area (Å²) in [6, 6.07) is 10.9. The minimum absolute atomic E-state index is 0.0706. The van der Waals surface area contributed by atoms with Gasteiger partial charge in [0.05, 0.1) is 0 Å². The number of rotatable bonds is 2. The van der Waals surface area contributed by atoms with Crippen LogP contribution in [-0.4, -0.2) is 28.0 Å². The van der Waals surface area contributed by atoms with Gasteiger partial charge in [0.2, 0.25) is 0 Å². The summed E-state index contributed by atoms with van der Waals surface area (Å²) in [4.78, 5) is 15.2. The molecule has 2 aliphatic rings. The fraction of sp³-hybridized carbons (Fsp3) is 0.409. The smallest absolute Gasteiger partial charge is 0.254 e. The third-order valence-electron chi connectivity index (χ3n) is 6.05. The highest BCUT2D eigenvalue weighted by atomic mass is 19.1. The Labute approximate surface area is 153 Å². The minimum Gasteiger partial charge on any atom is -0.507 e. The summed E-state index contributed by atoms with van der Waals surface area (Å²) in [6.45, 7) is 3.66. The van der Waals surface area contributed by atoms with Crippen LogP contribution in [0.4, 0.5) is 4.39 Å². The molecular formula is C22H24FNO2. The molecule has 3 atom stereocenters. The molecule has 0 spiro atoms. The highest BCUT2D eigenvalue weighted by Gasteiger charge is 2.43. The second kappa shape index (κ2) is 6.42. The van der Waals surface area contributed by atoms with Crippen molar-refractivity contribution >= 4 is 5.91 Å². The van der Waals surface area contributed by atoms with Crippen molar-refractivity contribution in [3.63, 3.8) is 0 Å². The van der Waals surface area contributed by atoms with Gasteiger partial charge in [0, 0.05) is 17.6 Å². The summed E-state index contributed by atoms with van der Waals surface area (Å²) in [5.41, 5.74) is 3.31. The Morgan fingerprint density at radius 2 is 1.58 bits per heavy atom. The van der Waals surface area contributed by atoms with Gasteiger partial charge in [-0.2, -0.15) is 0 Å². The number of hydrogen-bond acceptors (Lipinski definition) is 2. The molecule has 2 heterocycles. The van der Waals surface area contributed by atoms with E-state index in [0.717, 1.165) is 36.8 Å². The SMILES string of the molecule is Cc1cc(C(=O)N2[C@@H]3CC[C@H]2CC(c2ccc(F)cc2)C3)cc(C)c1O. The van der Waals surface area contributed by atoms with E-state index in [0.29, 0.717) is 11.5 Å². The van der Waals surface area contributed by atoms with Crippen LogP contribution in [0.3, 0.4) is 0 Å². The molecule has 2 aromatic carbocycles. The summed E-state index contributed by atoms with van der Waals surface area (Å²) >= 11 is 0. The van der Waals surface area contributed by atoms with Gasteiger partial charge in [0.1, 0.15) is 11.6 Å². The van der Waals surface area contributed by atoms with Crippen LogP contribution in [0.25, 0.3) is 0 Å². The molecule has 0 radical (unpaired) electrons. The lowest BCUT2D eigenvalue weighted by Gasteiger charge is -2.39. The van der Waals surface area contributed by atoms with Crippen molar-refractivity contribution in [3.05, 3.63) is 64.5 Å². The third kappa shape index (κ3) is 2.87. The lowest BCUT2D eigenvalue weighted by atomic mass is 9.84. The Hall–Kier alpha value is -2.36. The molecule has 1 amide bonds. The maximum absolute atomic E-state index is 13.2. The minimum atomic E-state index is -0.206. The van der Waals surface area contributed by atoms with Crippen LogP contribution in [-0.2, 0) is 0 Å². The number of fused-ring (bicyclic) bond motifs is 2. The number of benzene rings is 2. The maximum Gasteiger partial charge on any atom is 0.254 e. The number of amides is 1. The second-order valence-corrected chi connectivity index (χ2v) is 7.78. The Bertz CT molecular complexity index is 809. The molecule has 4 heteroatoms. The first-order valence-corrected chi connectivity index (χ1v) is 9.32. The summed E-state index contributed by atoms with van der Waals surface area (Å²) < 4.78 is 13.2. The third-order valence-corrected chi connectivity index (χ3v) is 6.05. The zero-order valence-corrected chi connectivity index (χ0v) is 15.2. The van der Waals surface area contributed by atoms with Gasteiger partial charge in [-0.05, 0) is 86.4 Å². The zero-order valence-electron chi connectivity index (χ0n) is 15.2. The summed E-state index contributed by atoms with van der Waals surface area (Å²) in [5, 5.41) is 9.97. The van der Waals surface area contributed by atoms with E-state index in [4.69, 9.17) is 0 Å². The lowest BCUT2D eigenvalue weighted by molar-refractivity contribution is 0.0571. The van der Waals surface area contributed by atoms with Crippen LogP contribution in [0.1, 0.15) is 58.6 Å². The van der Waals surface area contributed by atoms with Crippen LogP contribution in [0, 0.1) is 19.7 Å². The van der Waals surface area contributed by atoms with Crippen molar-refractivity contribution in [1.82, 2.24) is 4.90 Å². The summed E-state index contributed by atoms with van der Waals surface area (Å²) in [5.74, 6) is 0.517. The van der Waals surface area contributed by atoms with E-state index in [-0.39, 0.29) is 29.6 Å². The molecule has 2 aromatic rings. The van der Waals surface area contributed by atoms with Gasteiger partial charge in [-0.15, -0.1) is 0 Å². The molecule has 2 saturated heterocycles. The molecular weight excluding hydrogens is 329 g/mol. The molecule has 26 heavy (non-hydrogen) atoms. The fourth-order valence-corrected chi connectivity index (χ4v) is 4.74. The number of hydrogen-bond donors (Lipinski definition) is 1. The molecule has 2 bridgehead atoms. The predicted molar refractivity (Wildman–Crippen MR) is 98.9 cm³/mol. The molecule has 3 nitrogen and oxygen atoms in total. The molecule has 0 aromatic heterocycles. The Morgan fingerprint density at radius 1 is 1.04 bits per heavy atom. The van der Waals surface area contributed by atoms with E-state index in [9.17, 15) is 14.3 Å². The number of aryl methyl sites for hydroxylation is 2. The van der Waals surface area contributed by atoms with Crippen molar-refractivity contribution in [3.8, 4) is 5.75 Å². The van der Waals surface area contributed by atoms with Gasteiger partial charge in [0.25, 0.3) is 5.91 Å². The molecule has 0 saturated carbocycles. The molecule has 4 rings (SSSR count). The van der Waals surface area contributed by atoms with Gasteiger partial charge in [-0.3, -0.25) is 4.79 Å². The number of halogens is 1. The predicted octanol–water partition coefficient (Wildman–Crippen LogP) is 4.70. The van der Waals surface area contributed by atoms with Gasteiger partial charge in [0.15, 0.2) is 0 Å². The normalized spacial score (nSPS) is 24.7. The number of carbonyl (C=O) groups is 1. The van der Waals surface area contributed by atoms with E-state index in [1.54, 1.807) is 12.1 Å². The lowest BCUT2D eigenvalue weighted by Crippen LogP contribution is -2.46. The quantitative estimate of drug-likeness (QED) is 0.850. The van der Waals surface area contributed by atoms with Gasteiger partial charge in [-0.25, -0.2) is 4.39 Å². The van der Waals surface area contributed by atoms with Crippen molar-refractivity contribution < 1.29 is 14.3 Å². The number of carbonyl (C=O) groups excluding carboxylic acids is 1. The monoisotopic (exact) mass is 353 g/mol. The van der Waals surface area contributed by atoms with Gasteiger partial charge in [-0.1, -0.05) is 12.1 Å². The van der Waals surface area contributed by atoms with Crippen LogP contribution in [0.5, 0.6) is 5.75 Å². The number of piperidine rings is 1. The van der Waals surface area contributed by atoms with Crippen molar-refractivity contribution in [2.45, 2.75) is 57.5 Å². The van der Waals surface area contributed by atoms with Crippen molar-refractivity contribution in [2.75, 3.05) is 0 Å². The first-order chi connectivity index (χ1) is 12.4. The number of phenols is 1. The number of nitrogens with zero attached hydrogens (tertiary/aromatic N) is 1. The molecule has 2 aliphatic heterocycles. The van der Waals surface area contributed by atoms with E-state index < -0.39 is 0 Å². The molecule has 0 aliphatic carbocycles. The van der Waals surface area contributed by atoms with E-state index in [1.165, 1.54) is 17.7 Å². The van der Waals surface area contributed by atoms with Gasteiger partial charge < -0.3 is 10.0 Å². The van der Waals surface area contributed by atoms with Crippen LogP contribution in [0.15, 0.2) is 36.4 Å². The number of phenolic OH excluding ortho intramolecular Hbond substituents is 1. The number of aromatic hydroxyl groups is 1. The van der Waals surface area contributed by atoms with Crippen LogP contribution >= 0.6 is 0 Å². The molecule has 136 valence electrons. The standard InChI is InChI=1S/C22H24FNO2/c1-13-9-17(10-14(2)21(13)25)22(26)24-19-7-8-20(24)12-16(11-19)15-3-5-18(23)6-4-15/h3-6,9-10,16,19-20,25H,7-8,11-12H2,1-2H3/t16?,19-,20+. The van der Waals surface area contributed by atoms with E-state index in [1.807, 2.05) is 26.0 Å². The second-order valence-electron chi connectivity index (χ2n) is 7.78. The average Bonchev–Trinajstić information content (AvgIpc) is 2.88. The average molecular weight is 353 g/mol. The first-order valence-electron chi connectivity index (χ1n) is 9.32. The largest absolute Gasteiger partial charge is 0.507 e. The topological polar surface area (TPSA) is 40.5 Å². The van der Waals surface area contributed by atoms with E-state index >= 15 is 0 Å². The molecule has 1 N–H and O–H groups in total. The van der Waals surface area contributed by atoms with Gasteiger partial charge >= 0.3 is 0 Å². The Morgan fingerprint density at radius 3 is 2.12 bits per heavy atom. The Balaban J connectivity index is 1.56. The van der Waals surface area contributed by atoms with Crippen molar-refractivity contribution in [1.29, 1.82) is 0 Å². The Kier molecular flexibility index (Phi) is 4.22. The molecule has 2 fully saturated rings. The first kappa shape index (κ1) is 17.1. The van der Waals surface area contributed by atoms with E-state index in [2.05, 4.69) is 4.90 Å². The van der Waals surface area contributed by atoms with Crippen LogP contribution < -0.4 is 0 Å². The fourth-order valence-electron chi connectivity index (χ4n) is 4.74. The van der Waals surface area contributed by atoms with Crippen molar-refractivity contribution in [2.24, 2.45) is 0 Å². The molecule has 1 unspecified atom stereocenters. The summed E-state index contributed by atoms with van der Waals surface area (Å²) in [7, 11) is 0. The highest BCUT2D eigenvalue weighted by Crippen LogP contribution is 2.44. The summed E-state index contributed by atoms with van der Waals surface area (Å²) in [6.07, 6.45) is 3.93. The zero-order chi connectivity index (χ0) is 18.4. The van der Waals surface area contributed by atoms with Crippen LogP contribution in [0.2, 0.25) is 0 Å². The highest BCUT2D eigenvalue weighted by molar-refractivity contribution is 5.95.